The Hall–Kier alpha value is -0.700. The van der Waals surface area contributed by atoms with Crippen molar-refractivity contribution in [2.75, 3.05) is 0 Å². The van der Waals surface area contributed by atoms with Crippen molar-refractivity contribution in [3.8, 4) is 0 Å². The number of hydrogen-bond donors (Lipinski definition) is 1. The number of rotatable bonds is 0. The molecule has 0 aromatic rings. The summed E-state index contributed by atoms with van der Waals surface area (Å²) in [6, 6.07) is 0. The smallest absolute Gasteiger partial charge is 0.201 e. The molecule has 0 aromatic carbocycles. The Labute approximate surface area is 126 Å². The zero-order valence-electron chi connectivity index (χ0n) is 12.9. The van der Waals surface area contributed by atoms with E-state index >= 15 is 0 Å². The Morgan fingerprint density at radius 2 is 1.76 bits per heavy atom. The Kier molecular flexibility index (Phi) is 3.08. The number of aliphatic hydroxyl groups is 1. The molecule has 3 heteroatoms. The van der Waals surface area contributed by atoms with Gasteiger partial charge in [-0.3, -0.25) is 9.59 Å². The van der Waals surface area contributed by atoms with Crippen molar-refractivity contribution >= 4 is 11.6 Å². The van der Waals surface area contributed by atoms with Crippen LogP contribution in [-0.2, 0) is 9.59 Å². The van der Waals surface area contributed by atoms with Gasteiger partial charge in [0.25, 0.3) is 0 Å². The molecule has 3 nitrogen and oxygen atoms in total. The van der Waals surface area contributed by atoms with Crippen molar-refractivity contribution in [1.29, 1.82) is 0 Å². The lowest BCUT2D eigenvalue weighted by molar-refractivity contribution is -0.149. The molecule has 0 aromatic heterocycles. The molecule has 0 amide bonds. The molecule has 0 saturated heterocycles. The third-order valence-corrected chi connectivity index (χ3v) is 7.64. The van der Waals surface area contributed by atoms with Crippen LogP contribution in [-0.4, -0.2) is 22.8 Å². The second kappa shape index (κ2) is 4.65. The summed E-state index contributed by atoms with van der Waals surface area (Å²) in [4.78, 5) is 23.9. The van der Waals surface area contributed by atoms with Crippen LogP contribution in [0.2, 0.25) is 0 Å². The molecule has 0 heterocycles. The molecule has 1 N–H and O–H groups in total. The number of Topliss-reactive ketones (excluding diaryl/α,β-unsaturated/α-hetero) is 2. The van der Waals surface area contributed by atoms with Gasteiger partial charge in [-0.15, -0.1) is 0 Å². The Morgan fingerprint density at radius 1 is 0.952 bits per heavy atom. The first-order valence-electron chi connectivity index (χ1n) is 8.77. The van der Waals surface area contributed by atoms with Crippen molar-refractivity contribution in [2.45, 2.75) is 64.4 Å². The molecule has 7 unspecified atom stereocenters. The fourth-order valence-corrected chi connectivity index (χ4v) is 6.49. The third kappa shape index (κ3) is 1.82. The quantitative estimate of drug-likeness (QED) is 0.698. The number of fused-ring (bicyclic) bond motifs is 5. The van der Waals surface area contributed by atoms with Crippen LogP contribution in [0.25, 0.3) is 0 Å². The van der Waals surface area contributed by atoms with Crippen LogP contribution in [0.15, 0.2) is 0 Å². The van der Waals surface area contributed by atoms with Gasteiger partial charge in [0.1, 0.15) is 0 Å². The van der Waals surface area contributed by atoms with Crippen LogP contribution < -0.4 is 0 Å². The molecule has 4 saturated carbocycles. The number of hydrogen-bond acceptors (Lipinski definition) is 3. The molecule has 4 aliphatic rings. The lowest BCUT2D eigenvalue weighted by atomic mass is 9.50. The second-order valence-electron chi connectivity index (χ2n) is 8.25. The van der Waals surface area contributed by atoms with E-state index in [-0.39, 0.29) is 29.0 Å². The number of ketones is 2. The van der Waals surface area contributed by atoms with Crippen molar-refractivity contribution in [2.24, 2.45) is 35.0 Å². The van der Waals surface area contributed by atoms with Gasteiger partial charge in [0.15, 0.2) is 5.78 Å². The highest BCUT2D eigenvalue weighted by molar-refractivity contribution is 6.38. The molecule has 4 fully saturated rings. The maximum Gasteiger partial charge on any atom is 0.201 e. The van der Waals surface area contributed by atoms with Gasteiger partial charge in [-0.2, -0.15) is 0 Å². The molecule has 7 atom stereocenters. The fraction of sp³-hybridized carbons (Fsp3) is 0.889. The average Bonchev–Trinajstić information content (AvgIpc) is 2.78. The highest BCUT2D eigenvalue weighted by Gasteiger charge is 2.57. The van der Waals surface area contributed by atoms with E-state index in [0.717, 1.165) is 44.9 Å². The molecule has 0 spiro atoms. The molecule has 4 rings (SSSR count). The van der Waals surface area contributed by atoms with E-state index in [9.17, 15) is 14.7 Å². The summed E-state index contributed by atoms with van der Waals surface area (Å²) in [6.45, 7) is 2.28. The van der Waals surface area contributed by atoms with Gasteiger partial charge in [-0.25, -0.2) is 0 Å². The highest BCUT2D eigenvalue weighted by Crippen LogP contribution is 2.61. The molecule has 21 heavy (non-hydrogen) atoms. The Bertz CT molecular complexity index is 485. The van der Waals surface area contributed by atoms with E-state index in [1.807, 2.05) is 0 Å². The van der Waals surface area contributed by atoms with E-state index in [2.05, 4.69) is 6.92 Å². The molecule has 0 bridgehead atoms. The van der Waals surface area contributed by atoms with Gasteiger partial charge in [-0.1, -0.05) is 6.92 Å². The first kappa shape index (κ1) is 13.9. The molecule has 4 aliphatic carbocycles. The minimum Gasteiger partial charge on any atom is -0.393 e. The average molecular weight is 290 g/mol. The van der Waals surface area contributed by atoms with Crippen LogP contribution in [0.1, 0.15) is 58.3 Å². The topological polar surface area (TPSA) is 54.4 Å². The molecular weight excluding hydrogens is 264 g/mol. The largest absolute Gasteiger partial charge is 0.393 e. The summed E-state index contributed by atoms with van der Waals surface area (Å²) in [5, 5.41) is 10.4. The van der Waals surface area contributed by atoms with Crippen LogP contribution in [0, 0.1) is 35.0 Å². The van der Waals surface area contributed by atoms with Crippen LogP contribution in [0.4, 0.5) is 0 Å². The first-order valence-corrected chi connectivity index (χ1v) is 8.77. The Morgan fingerprint density at radius 3 is 2.57 bits per heavy atom. The monoisotopic (exact) mass is 290 g/mol. The summed E-state index contributed by atoms with van der Waals surface area (Å²) in [5.74, 6) is 2.25. The van der Waals surface area contributed by atoms with Gasteiger partial charge >= 0.3 is 0 Å². The Balaban J connectivity index is 1.61. The second-order valence-corrected chi connectivity index (χ2v) is 8.25. The van der Waals surface area contributed by atoms with Crippen LogP contribution in [0.3, 0.4) is 0 Å². The third-order valence-electron chi connectivity index (χ3n) is 7.64. The van der Waals surface area contributed by atoms with Crippen LogP contribution in [0.5, 0.6) is 0 Å². The van der Waals surface area contributed by atoms with E-state index in [1.165, 1.54) is 0 Å². The van der Waals surface area contributed by atoms with E-state index < -0.39 is 0 Å². The molecule has 0 radical (unpaired) electrons. The van der Waals surface area contributed by atoms with Gasteiger partial charge in [0, 0.05) is 12.3 Å². The molecule has 116 valence electrons. The SMILES string of the molecule is CC12CCC3C4CCC(=O)C(=O)C4CCC3C1CCC2O. The lowest BCUT2D eigenvalue weighted by Gasteiger charge is -2.54. The van der Waals surface area contributed by atoms with Gasteiger partial charge in [-0.05, 0) is 74.0 Å². The maximum absolute atomic E-state index is 12.2. The van der Waals surface area contributed by atoms with Gasteiger partial charge < -0.3 is 5.11 Å². The van der Waals surface area contributed by atoms with E-state index in [0.29, 0.717) is 30.1 Å². The minimum atomic E-state index is -0.129. The van der Waals surface area contributed by atoms with Crippen molar-refractivity contribution in [3.63, 3.8) is 0 Å². The highest BCUT2D eigenvalue weighted by atomic mass is 16.3. The van der Waals surface area contributed by atoms with E-state index in [1.54, 1.807) is 0 Å². The number of aliphatic hydroxyl groups excluding tert-OH is 1. The number of carbonyl (C=O) groups excluding carboxylic acids is 2. The molecular formula is C18H26O3. The fourth-order valence-electron chi connectivity index (χ4n) is 6.49. The lowest BCUT2D eigenvalue weighted by Crippen LogP contribution is -2.51. The molecule has 0 aliphatic heterocycles. The van der Waals surface area contributed by atoms with Gasteiger partial charge in [0.05, 0.1) is 6.10 Å². The summed E-state index contributed by atoms with van der Waals surface area (Å²) in [7, 11) is 0. The zero-order valence-corrected chi connectivity index (χ0v) is 12.9. The van der Waals surface area contributed by atoms with Crippen molar-refractivity contribution in [3.05, 3.63) is 0 Å². The number of carbonyl (C=O) groups is 2. The predicted molar refractivity (Wildman–Crippen MR) is 78.5 cm³/mol. The van der Waals surface area contributed by atoms with Crippen molar-refractivity contribution < 1.29 is 14.7 Å². The normalized spacial score (nSPS) is 53.0. The predicted octanol–water partition coefficient (Wildman–Crippen LogP) is 2.75. The zero-order chi connectivity index (χ0) is 14.8. The standard InChI is InChI=1S/C18H26O3/c1-18-9-8-11-10-4-6-15(19)17(21)13(10)3-2-12(11)14(18)5-7-16(18)20/h10-14,16,20H,2-9H2,1H3. The first-order chi connectivity index (χ1) is 10.0. The summed E-state index contributed by atoms with van der Waals surface area (Å²) < 4.78 is 0. The van der Waals surface area contributed by atoms with Gasteiger partial charge in [0.2, 0.25) is 5.78 Å². The summed E-state index contributed by atoms with van der Waals surface area (Å²) >= 11 is 0. The summed E-state index contributed by atoms with van der Waals surface area (Å²) in [6.07, 6.45) is 7.66. The minimum absolute atomic E-state index is 0.0307. The van der Waals surface area contributed by atoms with Crippen molar-refractivity contribution in [1.82, 2.24) is 0 Å². The maximum atomic E-state index is 12.2. The van der Waals surface area contributed by atoms with E-state index in [4.69, 9.17) is 0 Å². The van der Waals surface area contributed by atoms with Crippen LogP contribution >= 0.6 is 0 Å². The summed E-state index contributed by atoms with van der Waals surface area (Å²) in [5.41, 5.74) is 0.114.